The van der Waals surface area contributed by atoms with Gasteiger partial charge in [0.2, 0.25) is 0 Å². The first-order chi connectivity index (χ1) is 31.7. The van der Waals surface area contributed by atoms with Crippen LogP contribution in [0.3, 0.4) is 0 Å². The fourth-order valence-electron chi connectivity index (χ4n) is 10.4. The summed E-state index contributed by atoms with van der Waals surface area (Å²) in [6.45, 7) is 0. The molecule has 0 radical (unpaired) electrons. The zero-order chi connectivity index (χ0) is 42.2. The Labute approximate surface area is 374 Å². The predicted octanol–water partition coefficient (Wildman–Crippen LogP) is 15.6. The van der Waals surface area contributed by atoms with Gasteiger partial charge in [-0.2, -0.15) is 0 Å². The van der Waals surface area contributed by atoms with Crippen molar-refractivity contribution in [3.05, 3.63) is 247 Å². The Hall–Kier alpha value is -8.05. The van der Waals surface area contributed by atoms with Crippen LogP contribution in [0.15, 0.2) is 224 Å². The molecule has 0 saturated heterocycles. The van der Waals surface area contributed by atoms with Crippen molar-refractivity contribution in [3.8, 4) is 56.4 Å². The summed E-state index contributed by atoms with van der Waals surface area (Å²) in [5, 5.41) is 7.13. The second-order valence-corrected chi connectivity index (χ2v) is 17.7. The highest BCUT2D eigenvalue weighted by Crippen LogP contribution is 2.56. The lowest BCUT2D eigenvalue weighted by Gasteiger charge is -2.34. The van der Waals surface area contributed by atoms with Gasteiger partial charge in [-0.05, 0) is 96.4 Å². The summed E-state index contributed by atoms with van der Waals surface area (Å²) < 4.78 is 2.41. The molecule has 13 rings (SSSR count). The third-order valence-electron chi connectivity index (χ3n) is 13.2. The molecule has 2 heterocycles. The van der Waals surface area contributed by atoms with Crippen molar-refractivity contribution in [2.24, 2.45) is 0 Å². The molecule has 12 aromatic rings. The molecule has 0 aliphatic heterocycles. The summed E-state index contributed by atoms with van der Waals surface area (Å²) in [4.78, 5) is 16.3. The van der Waals surface area contributed by atoms with E-state index in [1.165, 1.54) is 75.5 Å². The number of benzene rings is 10. The van der Waals surface area contributed by atoms with E-state index in [-0.39, 0.29) is 0 Å². The smallest absolute Gasteiger partial charge is 0.165 e. The van der Waals surface area contributed by atoms with Gasteiger partial charge in [0.25, 0.3) is 0 Å². The zero-order valence-corrected chi connectivity index (χ0v) is 35.4. The van der Waals surface area contributed by atoms with Gasteiger partial charge in [-0.3, -0.25) is 0 Å². The fourth-order valence-corrected chi connectivity index (χ4v) is 11.6. The lowest BCUT2D eigenvalue weighted by molar-refractivity contribution is 0.768. The second-order valence-electron chi connectivity index (χ2n) is 16.6. The molecule has 0 bridgehead atoms. The van der Waals surface area contributed by atoms with Crippen LogP contribution in [0.4, 0.5) is 0 Å². The molecule has 4 heteroatoms. The van der Waals surface area contributed by atoms with E-state index in [0.717, 1.165) is 27.5 Å². The summed E-state index contributed by atoms with van der Waals surface area (Å²) in [5.74, 6) is 1.93. The van der Waals surface area contributed by atoms with Gasteiger partial charge < -0.3 is 0 Å². The van der Waals surface area contributed by atoms with Gasteiger partial charge in [0.1, 0.15) is 0 Å². The minimum absolute atomic E-state index is 0.555. The van der Waals surface area contributed by atoms with E-state index < -0.39 is 5.41 Å². The zero-order valence-electron chi connectivity index (χ0n) is 34.6. The quantitative estimate of drug-likeness (QED) is 0.168. The highest BCUT2D eigenvalue weighted by molar-refractivity contribution is 7.26. The van der Waals surface area contributed by atoms with E-state index in [9.17, 15) is 0 Å². The van der Waals surface area contributed by atoms with Crippen molar-refractivity contribution >= 4 is 53.1 Å². The molecule has 2 aromatic heterocycles. The van der Waals surface area contributed by atoms with Crippen molar-refractivity contribution in [2.75, 3.05) is 0 Å². The van der Waals surface area contributed by atoms with Gasteiger partial charge >= 0.3 is 0 Å². The van der Waals surface area contributed by atoms with Crippen LogP contribution in [0.5, 0.6) is 0 Å². The first-order valence-corrected chi connectivity index (χ1v) is 22.6. The molecule has 64 heavy (non-hydrogen) atoms. The van der Waals surface area contributed by atoms with E-state index in [4.69, 9.17) is 15.0 Å². The van der Waals surface area contributed by atoms with Crippen molar-refractivity contribution < 1.29 is 0 Å². The molecule has 0 N–H and O–H groups in total. The standard InChI is InChI=1S/C60H37N3S/c1-3-18-42(19-4-1)60(43-20-5-2-6-21-43)53-28-13-11-24-47(53)48-33-32-41(37-54(48)60)57-61-58(63-59(62-57)52-27-15-26-50-49-25-12-14-29-55(49)64-56(50)52)51-35-34-44(45-22-9-10-23-46(45)51)40-31-30-38-16-7-8-17-39(38)36-40/h1-37H. The van der Waals surface area contributed by atoms with Crippen LogP contribution in [-0.4, -0.2) is 15.0 Å². The minimum atomic E-state index is -0.555. The van der Waals surface area contributed by atoms with Crippen LogP contribution in [0.25, 0.3) is 98.1 Å². The first kappa shape index (κ1) is 36.6. The van der Waals surface area contributed by atoms with Crippen molar-refractivity contribution in [2.45, 2.75) is 5.41 Å². The van der Waals surface area contributed by atoms with Gasteiger partial charge in [0.15, 0.2) is 17.5 Å². The molecule has 0 fully saturated rings. The van der Waals surface area contributed by atoms with Crippen molar-refractivity contribution in [1.29, 1.82) is 0 Å². The van der Waals surface area contributed by atoms with Crippen LogP contribution in [-0.2, 0) is 5.41 Å². The van der Waals surface area contributed by atoms with Gasteiger partial charge in [0, 0.05) is 36.9 Å². The average molecular weight is 832 g/mol. The van der Waals surface area contributed by atoms with Gasteiger partial charge in [0.05, 0.1) is 5.41 Å². The van der Waals surface area contributed by atoms with E-state index in [2.05, 4.69) is 224 Å². The van der Waals surface area contributed by atoms with E-state index in [1.54, 1.807) is 11.3 Å². The normalized spacial score (nSPS) is 12.8. The van der Waals surface area contributed by atoms with E-state index in [0.29, 0.717) is 17.5 Å². The Morgan fingerprint density at radius 1 is 0.312 bits per heavy atom. The number of hydrogen-bond donors (Lipinski definition) is 0. The number of thiophene rings is 1. The monoisotopic (exact) mass is 831 g/mol. The SMILES string of the molecule is c1ccc(C2(c3ccccc3)c3ccccc3-c3ccc(-c4nc(-c5ccc(-c6ccc7ccccc7c6)c6ccccc56)nc(-c5cccc6c5sc5ccccc56)n4)cc32)cc1. The lowest BCUT2D eigenvalue weighted by atomic mass is 9.67. The molecule has 298 valence electrons. The Morgan fingerprint density at radius 2 is 0.859 bits per heavy atom. The molecule has 1 aliphatic carbocycles. The second kappa shape index (κ2) is 14.5. The summed E-state index contributed by atoms with van der Waals surface area (Å²) in [7, 11) is 0. The minimum Gasteiger partial charge on any atom is -0.208 e. The predicted molar refractivity (Wildman–Crippen MR) is 267 cm³/mol. The summed E-state index contributed by atoms with van der Waals surface area (Å²) >= 11 is 1.79. The third kappa shape index (κ3) is 5.56. The average Bonchev–Trinajstić information content (AvgIpc) is 3.90. The van der Waals surface area contributed by atoms with Crippen LogP contribution in [0.2, 0.25) is 0 Å². The molecule has 0 atom stereocenters. The van der Waals surface area contributed by atoms with Crippen LogP contribution in [0.1, 0.15) is 22.3 Å². The van der Waals surface area contributed by atoms with Gasteiger partial charge in [-0.25, -0.2) is 15.0 Å². The maximum Gasteiger partial charge on any atom is 0.165 e. The molecule has 3 nitrogen and oxygen atoms in total. The van der Waals surface area contributed by atoms with Gasteiger partial charge in [-0.15, -0.1) is 11.3 Å². The Morgan fingerprint density at radius 3 is 1.66 bits per heavy atom. The molecule has 10 aromatic carbocycles. The highest BCUT2D eigenvalue weighted by Gasteiger charge is 2.46. The molecule has 0 spiro atoms. The third-order valence-corrected chi connectivity index (χ3v) is 14.4. The van der Waals surface area contributed by atoms with Crippen LogP contribution in [0, 0.1) is 0 Å². The van der Waals surface area contributed by atoms with Crippen molar-refractivity contribution in [3.63, 3.8) is 0 Å². The first-order valence-electron chi connectivity index (χ1n) is 21.8. The van der Waals surface area contributed by atoms with E-state index >= 15 is 0 Å². The molecule has 0 saturated carbocycles. The van der Waals surface area contributed by atoms with Crippen LogP contribution < -0.4 is 0 Å². The number of nitrogens with zero attached hydrogens (tertiary/aromatic N) is 3. The molecular formula is C60H37N3S. The Bertz CT molecular complexity index is 3760. The fraction of sp³-hybridized carbons (Fsp3) is 0.0167. The maximum absolute atomic E-state index is 5.46. The summed E-state index contributed by atoms with van der Waals surface area (Å²) in [6, 6.07) is 81.1. The summed E-state index contributed by atoms with van der Waals surface area (Å²) in [5.41, 5.74) is 12.1. The Kier molecular flexibility index (Phi) is 8.30. The molecule has 0 unspecified atom stereocenters. The maximum atomic E-state index is 5.46. The summed E-state index contributed by atoms with van der Waals surface area (Å²) in [6.07, 6.45) is 0. The topological polar surface area (TPSA) is 38.7 Å². The lowest BCUT2D eigenvalue weighted by Crippen LogP contribution is -2.28. The number of rotatable bonds is 6. The van der Waals surface area contributed by atoms with E-state index in [1.807, 2.05) is 0 Å². The number of hydrogen-bond acceptors (Lipinski definition) is 4. The number of fused-ring (bicyclic) bond motifs is 8. The van der Waals surface area contributed by atoms with Crippen molar-refractivity contribution in [1.82, 2.24) is 15.0 Å². The van der Waals surface area contributed by atoms with Gasteiger partial charge in [-0.1, -0.05) is 194 Å². The molecular weight excluding hydrogens is 795 g/mol. The molecule has 0 amide bonds. The van der Waals surface area contributed by atoms with Crippen LogP contribution >= 0.6 is 11.3 Å². The number of aromatic nitrogens is 3. The highest BCUT2D eigenvalue weighted by atomic mass is 32.1. The molecule has 1 aliphatic rings. The largest absolute Gasteiger partial charge is 0.208 e. The Balaban J connectivity index is 1.06.